The largest absolute Gasteiger partial charge is 0.481 e. The van der Waals surface area contributed by atoms with E-state index in [0.29, 0.717) is 21.9 Å². The quantitative estimate of drug-likeness (QED) is 0.816. The zero-order valence-electron chi connectivity index (χ0n) is 13.0. The van der Waals surface area contributed by atoms with Gasteiger partial charge in [-0.15, -0.1) is 0 Å². The molecule has 2 rings (SSSR count). The molecule has 8 heteroatoms. The molecule has 0 radical (unpaired) electrons. The van der Waals surface area contributed by atoms with Crippen LogP contribution in [-0.4, -0.2) is 33.1 Å². The zero-order chi connectivity index (χ0) is 17.9. The Hall–Kier alpha value is -2.09. The van der Waals surface area contributed by atoms with Crippen LogP contribution in [0.25, 0.3) is 11.1 Å². The molecule has 0 amide bonds. The van der Waals surface area contributed by atoms with Gasteiger partial charge < -0.3 is 9.84 Å². The van der Waals surface area contributed by atoms with Crippen LogP contribution in [0, 0.1) is 6.92 Å². The first kappa shape index (κ1) is 18.3. The molecule has 0 aromatic heterocycles. The Labute approximate surface area is 145 Å². The normalized spacial score (nSPS) is 11.3. The lowest BCUT2D eigenvalue weighted by atomic mass is 10.00. The predicted molar refractivity (Wildman–Crippen MR) is 91.0 cm³/mol. The lowest BCUT2D eigenvalue weighted by molar-refractivity contribution is -0.139. The maximum Gasteiger partial charge on any atom is 0.341 e. The number of rotatable bonds is 6. The van der Waals surface area contributed by atoms with Crippen molar-refractivity contribution in [2.75, 3.05) is 13.7 Å². The first-order chi connectivity index (χ1) is 11.2. The van der Waals surface area contributed by atoms with Crippen LogP contribution in [0.1, 0.15) is 5.56 Å². The van der Waals surface area contributed by atoms with Gasteiger partial charge in [0.25, 0.3) is 0 Å². The summed E-state index contributed by atoms with van der Waals surface area (Å²) in [5, 5.41) is 9.21. The molecule has 2 aromatic carbocycles. The zero-order valence-corrected chi connectivity index (χ0v) is 14.6. The second-order valence-electron chi connectivity index (χ2n) is 5.01. The summed E-state index contributed by atoms with van der Waals surface area (Å²) >= 11 is 6.04. The molecule has 0 atom stereocenters. The Kier molecular flexibility index (Phi) is 5.48. The molecular formula is C16H16ClNO5S. The summed E-state index contributed by atoms with van der Waals surface area (Å²) in [5.74, 6) is -0.803. The van der Waals surface area contributed by atoms with Crippen LogP contribution in [-0.2, 0) is 14.8 Å². The van der Waals surface area contributed by atoms with Crippen molar-refractivity contribution in [2.45, 2.75) is 11.8 Å². The minimum absolute atomic E-state index is 0.0924. The van der Waals surface area contributed by atoms with Crippen molar-refractivity contribution in [2.24, 2.45) is 0 Å². The number of carbonyl (C=O) groups is 1. The number of halogens is 1. The van der Waals surface area contributed by atoms with Gasteiger partial charge in [0.15, 0.2) is 6.61 Å². The number of aryl methyl sites for hydroxylation is 1. The van der Waals surface area contributed by atoms with Gasteiger partial charge >= 0.3 is 5.97 Å². The number of hydrogen-bond donors (Lipinski definition) is 2. The average molecular weight is 370 g/mol. The van der Waals surface area contributed by atoms with Crippen molar-refractivity contribution in [1.82, 2.24) is 4.72 Å². The van der Waals surface area contributed by atoms with Gasteiger partial charge in [-0.05, 0) is 55.4 Å². The van der Waals surface area contributed by atoms with Crippen LogP contribution in [0.15, 0.2) is 41.3 Å². The first-order valence-electron chi connectivity index (χ1n) is 6.93. The standard InChI is InChI=1S/C16H16ClNO5S/c1-10-3-5-12(24(21,22)18-2)8-13(10)14-7-11(17)4-6-15(14)23-9-16(19)20/h3-8,18H,9H2,1-2H3,(H,19,20). The summed E-state index contributed by atoms with van der Waals surface area (Å²) in [6.45, 7) is 1.30. The van der Waals surface area contributed by atoms with E-state index in [4.69, 9.17) is 21.4 Å². The molecular weight excluding hydrogens is 354 g/mol. The van der Waals surface area contributed by atoms with Gasteiger partial charge in [-0.25, -0.2) is 17.9 Å². The number of carboxylic acid groups (broad SMARTS) is 1. The summed E-state index contributed by atoms with van der Waals surface area (Å²) < 4.78 is 31.6. The van der Waals surface area contributed by atoms with Crippen LogP contribution in [0.2, 0.25) is 5.02 Å². The minimum Gasteiger partial charge on any atom is -0.481 e. The van der Waals surface area contributed by atoms with E-state index in [1.165, 1.54) is 19.2 Å². The highest BCUT2D eigenvalue weighted by Gasteiger charge is 2.16. The van der Waals surface area contributed by atoms with Crippen LogP contribution >= 0.6 is 11.6 Å². The number of benzene rings is 2. The maximum absolute atomic E-state index is 12.0. The van der Waals surface area contributed by atoms with Crippen molar-refractivity contribution < 1.29 is 23.1 Å². The van der Waals surface area contributed by atoms with Gasteiger partial charge in [0.1, 0.15) is 5.75 Å². The molecule has 0 aliphatic carbocycles. The van der Waals surface area contributed by atoms with Crippen LogP contribution in [0.4, 0.5) is 0 Å². The van der Waals surface area contributed by atoms with E-state index in [9.17, 15) is 13.2 Å². The van der Waals surface area contributed by atoms with E-state index < -0.39 is 22.6 Å². The Morgan fingerprint density at radius 1 is 1.21 bits per heavy atom. The molecule has 0 aliphatic rings. The second-order valence-corrected chi connectivity index (χ2v) is 7.33. The molecule has 0 saturated heterocycles. The van der Waals surface area contributed by atoms with E-state index in [-0.39, 0.29) is 4.90 Å². The van der Waals surface area contributed by atoms with Gasteiger partial charge in [-0.1, -0.05) is 17.7 Å². The van der Waals surface area contributed by atoms with Crippen molar-refractivity contribution in [3.8, 4) is 16.9 Å². The molecule has 0 bridgehead atoms. The van der Waals surface area contributed by atoms with E-state index in [1.807, 2.05) is 6.92 Å². The van der Waals surface area contributed by atoms with Crippen LogP contribution < -0.4 is 9.46 Å². The third-order valence-corrected chi connectivity index (χ3v) is 5.02. The van der Waals surface area contributed by atoms with Crippen molar-refractivity contribution in [3.05, 3.63) is 47.0 Å². The van der Waals surface area contributed by atoms with Gasteiger partial charge in [0.05, 0.1) is 4.90 Å². The lowest BCUT2D eigenvalue weighted by Gasteiger charge is -2.14. The summed E-state index contributed by atoms with van der Waals surface area (Å²) in [4.78, 5) is 10.8. The smallest absolute Gasteiger partial charge is 0.341 e. The van der Waals surface area contributed by atoms with Gasteiger partial charge in [0, 0.05) is 10.6 Å². The number of ether oxygens (including phenoxy) is 1. The monoisotopic (exact) mass is 369 g/mol. The molecule has 2 N–H and O–H groups in total. The maximum atomic E-state index is 12.0. The molecule has 0 fully saturated rings. The number of nitrogens with one attached hydrogen (secondary N) is 1. The molecule has 0 aliphatic heterocycles. The Morgan fingerprint density at radius 2 is 1.92 bits per heavy atom. The fourth-order valence-electron chi connectivity index (χ4n) is 2.15. The van der Waals surface area contributed by atoms with Gasteiger partial charge in [-0.3, -0.25) is 0 Å². The van der Waals surface area contributed by atoms with E-state index in [0.717, 1.165) is 5.56 Å². The van der Waals surface area contributed by atoms with E-state index >= 15 is 0 Å². The molecule has 0 unspecified atom stereocenters. The van der Waals surface area contributed by atoms with Crippen LogP contribution in [0.5, 0.6) is 5.75 Å². The Morgan fingerprint density at radius 3 is 2.54 bits per heavy atom. The summed E-state index contributed by atoms with van der Waals surface area (Å²) in [6.07, 6.45) is 0. The molecule has 0 heterocycles. The number of carboxylic acids is 1. The molecule has 24 heavy (non-hydrogen) atoms. The highest BCUT2D eigenvalue weighted by atomic mass is 35.5. The molecule has 0 saturated carbocycles. The van der Waals surface area contributed by atoms with E-state index in [2.05, 4.69) is 4.72 Å². The third kappa shape index (κ3) is 4.05. The average Bonchev–Trinajstić information content (AvgIpc) is 2.53. The second kappa shape index (κ2) is 7.21. The minimum atomic E-state index is -3.61. The van der Waals surface area contributed by atoms with Crippen LogP contribution in [0.3, 0.4) is 0 Å². The Bertz CT molecular complexity index is 880. The lowest BCUT2D eigenvalue weighted by Crippen LogP contribution is -2.18. The molecule has 128 valence electrons. The number of aliphatic carboxylic acids is 1. The number of sulfonamides is 1. The molecule has 0 spiro atoms. The van der Waals surface area contributed by atoms with E-state index in [1.54, 1.807) is 24.3 Å². The SMILES string of the molecule is CNS(=O)(=O)c1ccc(C)c(-c2cc(Cl)ccc2OCC(=O)O)c1. The van der Waals surface area contributed by atoms with Gasteiger partial charge in [0.2, 0.25) is 10.0 Å². The first-order valence-corrected chi connectivity index (χ1v) is 8.79. The van der Waals surface area contributed by atoms with Crippen molar-refractivity contribution >= 4 is 27.6 Å². The predicted octanol–water partition coefficient (Wildman–Crippen LogP) is 2.69. The highest BCUT2D eigenvalue weighted by Crippen LogP contribution is 2.35. The van der Waals surface area contributed by atoms with Gasteiger partial charge in [-0.2, -0.15) is 0 Å². The summed E-state index contributed by atoms with van der Waals surface area (Å²) in [5.41, 5.74) is 1.91. The third-order valence-electron chi connectivity index (χ3n) is 3.37. The fourth-order valence-corrected chi connectivity index (χ4v) is 3.08. The summed E-state index contributed by atoms with van der Waals surface area (Å²) in [7, 11) is -2.28. The fraction of sp³-hybridized carbons (Fsp3) is 0.188. The summed E-state index contributed by atoms with van der Waals surface area (Å²) in [6, 6.07) is 9.40. The molecule has 6 nitrogen and oxygen atoms in total. The topological polar surface area (TPSA) is 92.7 Å². The highest BCUT2D eigenvalue weighted by molar-refractivity contribution is 7.89. The molecule has 2 aromatic rings. The van der Waals surface area contributed by atoms with Crippen molar-refractivity contribution in [3.63, 3.8) is 0 Å². The van der Waals surface area contributed by atoms with Crippen molar-refractivity contribution in [1.29, 1.82) is 0 Å². The Balaban J connectivity index is 2.60. The number of hydrogen-bond acceptors (Lipinski definition) is 4.